The van der Waals surface area contributed by atoms with Gasteiger partial charge in [-0.2, -0.15) is 0 Å². The maximum Gasteiger partial charge on any atom is 0.200 e. The van der Waals surface area contributed by atoms with E-state index in [0.29, 0.717) is 16.0 Å². The van der Waals surface area contributed by atoms with E-state index < -0.39 is 0 Å². The molecule has 0 bridgehead atoms. The summed E-state index contributed by atoms with van der Waals surface area (Å²) < 4.78 is 0. The van der Waals surface area contributed by atoms with Gasteiger partial charge in [0, 0.05) is 22.1 Å². The monoisotopic (exact) mass is 280 g/mol. The molecule has 0 aromatic heterocycles. The molecular weight excluding hydrogens is 268 g/mol. The maximum absolute atomic E-state index is 12.4. The Morgan fingerprint density at radius 1 is 0.850 bits per heavy atom. The van der Waals surface area contributed by atoms with Gasteiger partial charge in [0.15, 0.2) is 5.78 Å². The van der Waals surface area contributed by atoms with Crippen LogP contribution in [0.25, 0.3) is 0 Å². The SMILES string of the molecule is Cc1ccccc1SC1=CC(=O)c2ccccc2C1=O. The van der Waals surface area contributed by atoms with Crippen LogP contribution in [0.1, 0.15) is 26.3 Å². The number of Topliss-reactive ketones (excluding diaryl/α,β-unsaturated/α-hetero) is 1. The number of rotatable bonds is 2. The van der Waals surface area contributed by atoms with Gasteiger partial charge in [-0.25, -0.2) is 0 Å². The first-order valence-electron chi connectivity index (χ1n) is 6.30. The predicted molar refractivity (Wildman–Crippen MR) is 80.2 cm³/mol. The number of hydrogen-bond acceptors (Lipinski definition) is 3. The van der Waals surface area contributed by atoms with E-state index >= 15 is 0 Å². The maximum atomic E-state index is 12.4. The molecule has 2 aromatic rings. The van der Waals surface area contributed by atoms with Crippen LogP contribution >= 0.6 is 11.8 Å². The van der Waals surface area contributed by atoms with E-state index in [1.54, 1.807) is 24.3 Å². The van der Waals surface area contributed by atoms with Gasteiger partial charge >= 0.3 is 0 Å². The average Bonchev–Trinajstić information content (AvgIpc) is 2.47. The van der Waals surface area contributed by atoms with Crippen molar-refractivity contribution in [1.29, 1.82) is 0 Å². The van der Waals surface area contributed by atoms with Gasteiger partial charge in [-0.3, -0.25) is 9.59 Å². The van der Waals surface area contributed by atoms with Gasteiger partial charge in [0.25, 0.3) is 0 Å². The van der Waals surface area contributed by atoms with Crippen LogP contribution in [0.2, 0.25) is 0 Å². The van der Waals surface area contributed by atoms with Crippen molar-refractivity contribution in [3.05, 3.63) is 76.2 Å². The molecule has 0 unspecified atom stereocenters. The molecular formula is C17H12O2S. The standard InChI is InChI=1S/C17H12O2S/c1-11-6-2-5-9-15(11)20-16-10-14(18)12-7-3-4-8-13(12)17(16)19/h2-10H,1H3. The summed E-state index contributed by atoms with van der Waals surface area (Å²) in [5, 5.41) is 0. The summed E-state index contributed by atoms with van der Waals surface area (Å²) in [6.07, 6.45) is 1.45. The summed E-state index contributed by atoms with van der Waals surface area (Å²) in [5.41, 5.74) is 2.08. The van der Waals surface area contributed by atoms with Crippen molar-refractivity contribution >= 4 is 23.3 Å². The second-order valence-electron chi connectivity index (χ2n) is 4.62. The van der Waals surface area contributed by atoms with E-state index in [9.17, 15) is 9.59 Å². The highest BCUT2D eigenvalue weighted by Crippen LogP contribution is 2.34. The quantitative estimate of drug-likeness (QED) is 0.832. The fourth-order valence-electron chi connectivity index (χ4n) is 2.16. The molecule has 1 aliphatic rings. The van der Waals surface area contributed by atoms with Crippen LogP contribution in [-0.2, 0) is 0 Å². The molecule has 3 heteroatoms. The lowest BCUT2D eigenvalue weighted by molar-refractivity contribution is 0.0991. The highest BCUT2D eigenvalue weighted by molar-refractivity contribution is 8.04. The molecule has 2 aromatic carbocycles. The molecule has 3 rings (SSSR count). The van der Waals surface area contributed by atoms with E-state index in [1.807, 2.05) is 31.2 Å². The Morgan fingerprint density at radius 3 is 2.25 bits per heavy atom. The average molecular weight is 280 g/mol. The molecule has 2 nitrogen and oxygen atoms in total. The molecule has 0 saturated carbocycles. The molecule has 0 aliphatic heterocycles. The lowest BCUT2D eigenvalue weighted by Gasteiger charge is -2.15. The Bertz CT molecular complexity index is 744. The predicted octanol–water partition coefficient (Wildman–Crippen LogP) is 4.05. The summed E-state index contributed by atoms with van der Waals surface area (Å²) in [6, 6.07) is 14.8. The summed E-state index contributed by atoms with van der Waals surface area (Å²) in [7, 11) is 0. The number of ketones is 2. The minimum absolute atomic E-state index is 0.0755. The van der Waals surface area contributed by atoms with Crippen LogP contribution in [-0.4, -0.2) is 11.6 Å². The number of benzene rings is 2. The summed E-state index contributed by atoms with van der Waals surface area (Å²) in [6.45, 7) is 1.99. The first-order chi connectivity index (χ1) is 9.66. The summed E-state index contributed by atoms with van der Waals surface area (Å²) >= 11 is 1.36. The van der Waals surface area contributed by atoms with Crippen molar-refractivity contribution < 1.29 is 9.59 Å². The third-order valence-corrected chi connectivity index (χ3v) is 4.44. The fourth-order valence-corrected chi connectivity index (χ4v) is 3.14. The van der Waals surface area contributed by atoms with Crippen LogP contribution in [0.4, 0.5) is 0 Å². The van der Waals surface area contributed by atoms with Crippen LogP contribution in [0, 0.1) is 6.92 Å². The van der Waals surface area contributed by atoms with Gasteiger partial charge in [-0.15, -0.1) is 0 Å². The number of carbonyl (C=O) groups is 2. The Kier molecular flexibility index (Phi) is 3.28. The zero-order valence-electron chi connectivity index (χ0n) is 10.9. The first kappa shape index (κ1) is 12.9. The smallest absolute Gasteiger partial charge is 0.200 e. The number of allylic oxidation sites excluding steroid dienone is 2. The number of thioether (sulfide) groups is 1. The minimum atomic E-state index is -0.101. The minimum Gasteiger partial charge on any atom is -0.289 e. The molecule has 0 spiro atoms. The third-order valence-electron chi connectivity index (χ3n) is 3.24. The molecule has 0 amide bonds. The van der Waals surface area contributed by atoms with E-state index in [-0.39, 0.29) is 11.6 Å². The molecule has 0 heterocycles. The van der Waals surface area contributed by atoms with Crippen molar-refractivity contribution in [3.8, 4) is 0 Å². The Morgan fingerprint density at radius 2 is 1.50 bits per heavy atom. The van der Waals surface area contributed by atoms with E-state index in [4.69, 9.17) is 0 Å². The first-order valence-corrected chi connectivity index (χ1v) is 7.12. The molecule has 98 valence electrons. The highest BCUT2D eigenvalue weighted by Gasteiger charge is 2.25. The van der Waals surface area contributed by atoms with Gasteiger partial charge in [-0.1, -0.05) is 54.2 Å². The van der Waals surface area contributed by atoms with Crippen molar-refractivity contribution in [3.63, 3.8) is 0 Å². The normalized spacial score (nSPS) is 13.9. The molecule has 0 atom stereocenters. The zero-order valence-corrected chi connectivity index (χ0v) is 11.7. The molecule has 0 radical (unpaired) electrons. The largest absolute Gasteiger partial charge is 0.289 e. The van der Waals surface area contributed by atoms with E-state index in [0.717, 1.165) is 10.5 Å². The zero-order chi connectivity index (χ0) is 14.1. The Hall–Kier alpha value is -2.13. The van der Waals surface area contributed by atoms with E-state index in [1.165, 1.54) is 17.8 Å². The van der Waals surface area contributed by atoms with Gasteiger partial charge in [0.05, 0.1) is 4.91 Å². The Labute approximate surface area is 121 Å². The lowest BCUT2D eigenvalue weighted by atomic mass is 9.95. The lowest BCUT2D eigenvalue weighted by Crippen LogP contribution is -2.15. The third kappa shape index (κ3) is 2.21. The number of carbonyl (C=O) groups excluding carboxylic acids is 2. The van der Waals surface area contributed by atoms with Gasteiger partial charge in [0.1, 0.15) is 0 Å². The number of aryl methyl sites for hydroxylation is 1. The van der Waals surface area contributed by atoms with Crippen LogP contribution in [0.15, 0.2) is 64.4 Å². The molecule has 0 saturated heterocycles. The van der Waals surface area contributed by atoms with Crippen molar-refractivity contribution in [2.45, 2.75) is 11.8 Å². The van der Waals surface area contributed by atoms with Crippen LogP contribution < -0.4 is 0 Å². The van der Waals surface area contributed by atoms with Crippen molar-refractivity contribution in [1.82, 2.24) is 0 Å². The second-order valence-corrected chi connectivity index (χ2v) is 5.70. The number of hydrogen-bond donors (Lipinski definition) is 0. The topological polar surface area (TPSA) is 34.1 Å². The molecule has 0 N–H and O–H groups in total. The van der Waals surface area contributed by atoms with Gasteiger partial charge < -0.3 is 0 Å². The van der Waals surface area contributed by atoms with Crippen LogP contribution in [0.5, 0.6) is 0 Å². The summed E-state index contributed by atoms with van der Waals surface area (Å²) in [5.74, 6) is -0.176. The Balaban J connectivity index is 1.99. The van der Waals surface area contributed by atoms with E-state index in [2.05, 4.69) is 0 Å². The second kappa shape index (κ2) is 5.10. The van der Waals surface area contributed by atoms with Crippen molar-refractivity contribution in [2.75, 3.05) is 0 Å². The van der Waals surface area contributed by atoms with Gasteiger partial charge in [0.2, 0.25) is 5.78 Å². The molecule has 1 aliphatic carbocycles. The highest BCUT2D eigenvalue weighted by atomic mass is 32.2. The van der Waals surface area contributed by atoms with Crippen LogP contribution in [0.3, 0.4) is 0 Å². The number of fused-ring (bicyclic) bond motifs is 1. The van der Waals surface area contributed by atoms with Gasteiger partial charge in [-0.05, 0) is 18.6 Å². The molecule has 0 fully saturated rings. The fraction of sp³-hybridized carbons (Fsp3) is 0.0588. The van der Waals surface area contributed by atoms with Crippen molar-refractivity contribution in [2.24, 2.45) is 0 Å². The molecule has 20 heavy (non-hydrogen) atoms. The summed E-state index contributed by atoms with van der Waals surface area (Å²) in [4.78, 5) is 26.0.